The fourth-order valence-corrected chi connectivity index (χ4v) is 4.24. The van der Waals surface area contributed by atoms with Crippen LogP contribution in [0, 0.1) is 5.92 Å². The van der Waals surface area contributed by atoms with Crippen molar-refractivity contribution in [2.24, 2.45) is 5.92 Å². The molecule has 0 bridgehead atoms. The Kier molecular flexibility index (Phi) is 8.08. The molecule has 5 rings (SSSR count). The van der Waals surface area contributed by atoms with Gasteiger partial charge in [0, 0.05) is 25.1 Å². The number of carbonyl (C=O) groups is 2. The van der Waals surface area contributed by atoms with Crippen LogP contribution in [-0.2, 0) is 16.1 Å². The first kappa shape index (κ1) is 27.7. The highest BCUT2D eigenvalue weighted by Gasteiger charge is 2.30. The number of anilines is 3. The van der Waals surface area contributed by atoms with E-state index in [1.165, 1.54) is 7.11 Å². The van der Waals surface area contributed by atoms with Crippen LogP contribution in [0.25, 0.3) is 11.4 Å². The molecule has 40 heavy (non-hydrogen) atoms. The van der Waals surface area contributed by atoms with Crippen LogP contribution in [0.4, 0.5) is 17.2 Å². The first-order valence-electron chi connectivity index (χ1n) is 13.3. The Morgan fingerprint density at radius 3 is 2.62 bits per heavy atom. The lowest BCUT2D eigenvalue weighted by molar-refractivity contribution is -0.117. The lowest BCUT2D eigenvalue weighted by Crippen LogP contribution is -2.50. The lowest BCUT2D eigenvalue weighted by atomic mass is 9.49. The molecule has 2 fully saturated rings. The molecule has 206 valence electrons. The Bertz CT molecular complexity index is 1390. The SMILES string of the molecule is BC(B)(B)NC(=O)c1nnc(NC(=O)C2CC2)cc1Nc1cccc(-c2noc(CN3CCOCC3)n2)c1OC. The highest BCUT2D eigenvalue weighted by molar-refractivity contribution is 6.60. The van der Waals surface area contributed by atoms with Crippen molar-refractivity contribution in [3.63, 3.8) is 0 Å². The first-order chi connectivity index (χ1) is 19.2. The summed E-state index contributed by atoms with van der Waals surface area (Å²) in [6.45, 7) is 3.48. The van der Waals surface area contributed by atoms with E-state index in [-0.39, 0.29) is 23.3 Å². The molecule has 13 nitrogen and oxygen atoms in total. The predicted octanol–water partition coefficient (Wildman–Crippen LogP) is -1.30. The van der Waals surface area contributed by atoms with Gasteiger partial charge in [-0.3, -0.25) is 14.5 Å². The molecule has 3 heterocycles. The summed E-state index contributed by atoms with van der Waals surface area (Å²) in [5.74, 6) is 1.02. The van der Waals surface area contributed by atoms with Crippen molar-refractivity contribution in [2.45, 2.75) is 24.6 Å². The smallest absolute Gasteiger partial charge is 0.272 e. The number of benzene rings is 1. The monoisotopic (exact) mass is 544 g/mol. The predicted molar refractivity (Wildman–Crippen MR) is 155 cm³/mol. The number of rotatable bonds is 10. The number of nitrogens with zero attached hydrogens (tertiary/aromatic N) is 5. The Hall–Kier alpha value is -3.91. The molecule has 0 unspecified atom stereocenters. The molecule has 1 saturated carbocycles. The Labute approximate surface area is 234 Å². The number of para-hydroxylation sites is 1. The molecule has 1 aliphatic carbocycles. The van der Waals surface area contributed by atoms with E-state index in [1.54, 1.807) is 12.1 Å². The van der Waals surface area contributed by atoms with Crippen LogP contribution in [0.5, 0.6) is 5.75 Å². The van der Waals surface area contributed by atoms with Crippen LogP contribution in [0.1, 0.15) is 29.2 Å². The minimum atomic E-state index is -0.496. The topological polar surface area (TPSA) is 157 Å². The molecule has 1 saturated heterocycles. The maximum absolute atomic E-state index is 13.1. The van der Waals surface area contributed by atoms with E-state index in [0.29, 0.717) is 54.2 Å². The van der Waals surface area contributed by atoms with E-state index in [9.17, 15) is 9.59 Å². The molecule has 1 aliphatic heterocycles. The molecule has 2 amide bonds. The maximum atomic E-state index is 13.1. The number of hydrogen-bond donors (Lipinski definition) is 3. The molecule has 0 atom stereocenters. The molecule has 0 spiro atoms. The Morgan fingerprint density at radius 1 is 1.15 bits per heavy atom. The first-order valence-corrected chi connectivity index (χ1v) is 13.3. The van der Waals surface area contributed by atoms with E-state index < -0.39 is 11.1 Å². The normalized spacial score (nSPS) is 15.8. The van der Waals surface area contributed by atoms with Gasteiger partial charge in [0.15, 0.2) is 17.3 Å². The van der Waals surface area contributed by atoms with Crippen molar-refractivity contribution in [3.05, 3.63) is 35.9 Å². The minimum absolute atomic E-state index is 0.0121. The zero-order valence-electron chi connectivity index (χ0n) is 23.1. The Balaban J connectivity index is 1.44. The molecule has 2 aliphatic rings. The average Bonchev–Trinajstić information content (AvgIpc) is 3.67. The van der Waals surface area contributed by atoms with Gasteiger partial charge in [-0.2, -0.15) is 4.98 Å². The highest BCUT2D eigenvalue weighted by Crippen LogP contribution is 2.37. The molecule has 16 heteroatoms. The number of methoxy groups -OCH3 is 1. The standard InChI is InChI=1S/C24H31B3N8O5/c1-38-20-14(21-30-18(40-34-21)12-35-7-9-39-10-8-35)3-2-4-15(20)28-16-11-17(29-22(36)13-5-6-13)32-33-19(16)23(37)31-24(25,26)27/h2-4,11,13H,5-10,12,25-27H2,1H3,(H,31,37)(H2,28,29,32,36). The van der Waals surface area contributed by atoms with Gasteiger partial charge in [-0.05, 0) is 30.2 Å². The third kappa shape index (κ3) is 6.80. The number of hydrogen-bond acceptors (Lipinski definition) is 11. The molecular weight excluding hydrogens is 513 g/mol. The van der Waals surface area contributed by atoms with Gasteiger partial charge < -0.3 is 29.9 Å². The van der Waals surface area contributed by atoms with E-state index >= 15 is 0 Å². The summed E-state index contributed by atoms with van der Waals surface area (Å²) in [5, 5.41) is 20.9. The van der Waals surface area contributed by atoms with Gasteiger partial charge in [0.2, 0.25) is 17.6 Å². The van der Waals surface area contributed by atoms with E-state index in [4.69, 9.17) is 14.0 Å². The molecule has 0 radical (unpaired) electrons. The molecular formula is C24H31B3N8O5. The summed E-state index contributed by atoms with van der Waals surface area (Å²) in [7, 11) is 7.17. The fraction of sp³-hybridized carbons (Fsp3) is 0.417. The third-order valence-electron chi connectivity index (χ3n) is 6.36. The summed E-state index contributed by atoms with van der Waals surface area (Å²) >= 11 is 0. The minimum Gasteiger partial charge on any atom is -0.494 e. The quantitative estimate of drug-likeness (QED) is 0.261. The number of ether oxygens (including phenoxy) is 2. The van der Waals surface area contributed by atoms with Crippen LogP contribution < -0.4 is 20.7 Å². The van der Waals surface area contributed by atoms with Crippen LogP contribution >= 0.6 is 0 Å². The number of carbonyl (C=O) groups excluding carboxylic acids is 2. The van der Waals surface area contributed by atoms with E-state index in [1.807, 2.05) is 35.7 Å². The van der Waals surface area contributed by atoms with Gasteiger partial charge in [-0.15, -0.1) is 10.2 Å². The summed E-state index contributed by atoms with van der Waals surface area (Å²) in [6.07, 6.45) is 1.70. The Morgan fingerprint density at radius 2 is 1.93 bits per heavy atom. The summed E-state index contributed by atoms with van der Waals surface area (Å²) < 4.78 is 16.7. The number of aromatic nitrogens is 4. The zero-order valence-corrected chi connectivity index (χ0v) is 23.1. The zero-order chi connectivity index (χ0) is 28.3. The summed E-state index contributed by atoms with van der Waals surface area (Å²) in [6, 6.07) is 7.03. The molecule has 1 aromatic carbocycles. The second kappa shape index (κ2) is 11.7. The van der Waals surface area contributed by atoms with E-state index in [2.05, 4.69) is 41.2 Å². The van der Waals surface area contributed by atoms with Gasteiger partial charge >= 0.3 is 0 Å². The largest absolute Gasteiger partial charge is 0.494 e. The van der Waals surface area contributed by atoms with Crippen molar-refractivity contribution >= 4 is 52.5 Å². The molecule has 2 aromatic heterocycles. The van der Waals surface area contributed by atoms with Crippen molar-refractivity contribution < 1.29 is 23.6 Å². The summed E-state index contributed by atoms with van der Waals surface area (Å²) in [4.78, 5) is 32.2. The van der Waals surface area contributed by atoms with Gasteiger partial charge in [0.25, 0.3) is 5.91 Å². The van der Waals surface area contributed by atoms with Gasteiger partial charge in [0.1, 0.15) is 23.5 Å². The number of morpholine rings is 1. The fourth-order valence-electron chi connectivity index (χ4n) is 4.24. The number of nitrogens with one attached hydrogen (secondary N) is 3. The third-order valence-corrected chi connectivity index (χ3v) is 6.36. The van der Waals surface area contributed by atoms with Crippen LogP contribution in [0.2, 0.25) is 0 Å². The number of amides is 2. The van der Waals surface area contributed by atoms with Crippen molar-refractivity contribution in [3.8, 4) is 17.1 Å². The summed E-state index contributed by atoms with van der Waals surface area (Å²) in [5.41, 5.74) is 1.56. The van der Waals surface area contributed by atoms with Crippen LogP contribution in [0.3, 0.4) is 0 Å². The van der Waals surface area contributed by atoms with Gasteiger partial charge in [0.05, 0.1) is 43.8 Å². The molecule has 3 N–H and O–H groups in total. The van der Waals surface area contributed by atoms with Crippen molar-refractivity contribution in [2.75, 3.05) is 44.0 Å². The maximum Gasteiger partial charge on any atom is 0.272 e. The van der Waals surface area contributed by atoms with Gasteiger partial charge in [-0.1, -0.05) is 11.2 Å². The van der Waals surface area contributed by atoms with Crippen LogP contribution in [0.15, 0.2) is 28.8 Å². The van der Waals surface area contributed by atoms with E-state index in [0.717, 1.165) is 25.9 Å². The van der Waals surface area contributed by atoms with Gasteiger partial charge in [-0.25, -0.2) is 0 Å². The van der Waals surface area contributed by atoms with Crippen molar-refractivity contribution in [1.29, 1.82) is 0 Å². The van der Waals surface area contributed by atoms with Crippen LogP contribution in [-0.4, -0.2) is 99.2 Å². The second-order valence-electron chi connectivity index (χ2n) is 10.9. The highest BCUT2D eigenvalue weighted by atomic mass is 16.5. The van der Waals surface area contributed by atoms with Crippen molar-refractivity contribution in [1.82, 2.24) is 30.6 Å². The lowest BCUT2D eigenvalue weighted by Gasteiger charge is -2.24. The molecule has 3 aromatic rings. The average molecular weight is 544 g/mol. The second-order valence-corrected chi connectivity index (χ2v) is 10.9.